The van der Waals surface area contributed by atoms with Crippen LogP contribution in [0.3, 0.4) is 0 Å². The molecule has 0 spiro atoms. The Morgan fingerprint density at radius 1 is 1.10 bits per heavy atom. The van der Waals surface area contributed by atoms with Crippen LogP contribution >= 0.6 is 22.6 Å². The lowest BCUT2D eigenvalue weighted by Crippen LogP contribution is -2.31. The number of aliphatic carboxylic acids is 1. The van der Waals surface area contributed by atoms with Crippen LogP contribution in [0.15, 0.2) is 18.2 Å². The average molecular weight is 540 g/mol. The molecule has 0 fully saturated rings. The third-order valence-corrected chi connectivity index (χ3v) is 5.01. The topological polar surface area (TPSA) is 74.2 Å². The van der Waals surface area contributed by atoms with E-state index in [0.29, 0.717) is 32.8 Å². The van der Waals surface area contributed by atoms with Crippen LogP contribution in [0, 0.1) is 5.82 Å². The van der Waals surface area contributed by atoms with Crippen molar-refractivity contribution < 1.29 is 33.2 Å². The first kappa shape index (κ1) is 27.1. The maximum absolute atomic E-state index is 13.9. The summed E-state index contributed by atoms with van der Waals surface area (Å²) in [5, 5.41) is 8.87. The molecular formula is C22H34FIO6. The Hall–Kier alpha value is -0.970. The van der Waals surface area contributed by atoms with Crippen molar-refractivity contribution in [3.8, 4) is 5.75 Å². The summed E-state index contributed by atoms with van der Waals surface area (Å²) in [6, 6.07) is 5.05. The molecule has 30 heavy (non-hydrogen) atoms. The van der Waals surface area contributed by atoms with Crippen molar-refractivity contribution in [1.82, 2.24) is 0 Å². The molecule has 1 unspecified atom stereocenters. The molecule has 6 nitrogen and oxygen atoms in total. The van der Waals surface area contributed by atoms with E-state index in [1.54, 1.807) is 13.0 Å². The van der Waals surface area contributed by atoms with Crippen LogP contribution in [0.1, 0.15) is 52.5 Å². The van der Waals surface area contributed by atoms with Gasteiger partial charge in [0.25, 0.3) is 0 Å². The Labute approximate surface area is 192 Å². The van der Waals surface area contributed by atoms with Crippen LogP contribution in [0.2, 0.25) is 0 Å². The number of hydrogen-bond donors (Lipinski definition) is 1. The lowest BCUT2D eigenvalue weighted by molar-refractivity contribution is -0.140. The van der Waals surface area contributed by atoms with E-state index in [1.807, 2.05) is 42.5 Å². The molecule has 1 aromatic carbocycles. The first-order chi connectivity index (χ1) is 14.0. The summed E-state index contributed by atoms with van der Waals surface area (Å²) in [5.41, 5.74) is 0.549. The molecular weight excluding hydrogens is 506 g/mol. The van der Waals surface area contributed by atoms with Gasteiger partial charge in [0.1, 0.15) is 10.2 Å². The highest BCUT2D eigenvalue weighted by molar-refractivity contribution is 14.1. The monoisotopic (exact) mass is 540 g/mol. The van der Waals surface area contributed by atoms with Crippen LogP contribution in [-0.2, 0) is 25.4 Å². The second-order valence-electron chi connectivity index (χ2n) is 7.85. The van der Waals surface area contributed by atoms with Gasteiger partial charge in [-0.25, -0.2) is 4.39 Å². The van der Waals surface area contributed by atoms with E-state index >= 15 is 0 Å². The van der Waals surface area contributed by atoms with Crippen molar-refractivity contribution in [3.05, 3.63) is 29.6 Å². The molecule has 8 heteroatoms. The van der Waals surface area contributed by atoms with Crippen molar-refractivity contribution in [2.75, 3.05) is 33.0 Å². The van der Waals surface area contributed by atoms with E-state index in [0.717, 1.165) is 18.4 Å². The molecule has 0 aromatic heterocycles. The largest absolute Gasteiger partial charge is 0.488 e. The fourth-order valence-corrected chi connectivity index (χ4v) is 3.24. The van der Waals surface area contributed by atoms with Gasteiger partial charge in [-0.05, 0) is 73.9 Å². The minimum absolute atomic E-state index is 0.0580. The zero-order valence-electron chi connectivity index (χ0n) is 18.3. The van der Waals surface area contributed by atoms with Crippen molar-refractivity contribution in [3.63, 3.8) is 0 Å². The second-order valence-corrected chi connectivity index (χ2v) is 10.1. The van der Waals surface area contributed by atoms with Crippen molar-refractivity contribution in [1.29, 1.82) is 0 Å². The van der Waals surface area contributed by atoms with Gasteiger partial charge in [0.05, 0.1) is 38.4 Å². The van der Waals surface area contributed by atoms with Crippen LogP contribution in [0.25, 0.3) is 0 Å². The van der Waals surface area contributed by atoms with E-state index in [1.165, 1.54) is 6.07 Å². The Bertz CT molecular complexity index is 651. The summed E-state index contributed by atoms with van der Waals surface area (Å²) < 4.78 is 35.6. The number of aryl methyl sites for hydroxylation is 1. The van der Waals surface area contributed by atoms with Gasteiger partial charge in [-0.1, -0.05) is 19.4 Å². The minimum atomic E-state index is -0.889. The number of carboxylic acids is 1. The third kappa shape index (κ3) is 12.0. The van der Waals surface area contributed by atoms with E-state index < -0.39 is 15.2 Å². The summed E-state index contributed by atoms with van der Waals surface area (Å²) in [4.78, 5) is 10.8. The standard InChI is InChI=1S/C22H34FIO6/c1-5-6-17-7-8-19(18(23)15-17)28-13-11-27-12-14-29-21(2,3)9-10-30-22(4,24)16-20(25)26/h7-8,15H,5-6,9-14,16H2,1-4H3,(H,25,26). The predicted octanol–water partition coefficient (Wildman–Crippen LogP) is 5.00. The summed E-state index contributed by atoms with van der Waals surface area (Å²) in [6.07, 6.45) is 2.39. The third-order valence-electron chi connectivity index (χ3n) is 4.31. The predicted molar refractivity (Wildman–Crippen MR) is 122 cm³/mol. The zero-order chi connectivity index (χ0) is 22.6. The van der Waals surface area contributed by atoms with E-state index in [-0.39, 0.29) is 24.6 Å². The Kier molecular flexibility index (Phi) is 12.1. The van der Waals surface area contributed by atoms with Gasteiger partial charge >= 0.3 is 5.97 Å². The Morgan fingerprint density at radius 3 is 2.43 bits per heavy atom. The molecule has 0 saturated carbocycles. The molecule has 0 heterocycles. The van der Waals surface area contributed by atoms with Gasteiger partial charge in [0.2, 0.25) is 0 Å². The fourth-order valence-electron chi connectivity index (χ4n) is 2.70. The summed E-state index contributed by atoms with van der Waals surface area (Å²) in [7, 11) is 0. The number of carboxylic acid groups (broad SMARTS) is 1. The molecule has 1 N–H and O–H groups in total. The first-order valence-electron chi connectivity index (χ1n) is 10.2. The lowest BCUT2D eigenvalue weighted by atomic mass is 10.1. The van der Waals surface area contributed by atoms with Crippen molar-refractivity contribution in [2.24, 2.45) is 0 Å². The van der Waals surface area contributed by atoms with E-state index in [4.69, 9.17) is 24.1 Å². The quantitative estimate of drug-likeness (QED) is 0.181. The lowest BCUT2D eigenvalue weighted by Gasteiger charge is -2.28. The second kappa shape index (κ2) is 13.4. The molecule has 172 valence electrons. The fraction of sp³-hybridized carbons (Fsp3) is 0.682. The number of hydrogen-bond acceptors (Lipinski definition) is 5. The van der Waals surface area contributed by atoms with Gasteiger partial charge < -0.3 is 24.1 Å². The summed E-state index contributed by atoms with van der Waals surface area (Å²) in [5.74, 6) is -1.00. The minimum Gasteiger partial charge on any atom is -0.488 e. The van der Waals surface area contributed by atoms with Crippen molar-refractivity contribution >= 4 is 28.6 Å². The van der Waals surface area contributed by atoms with Crippen LogP contribution in [0.4, 0.5) is 4.39 Å². The molecule has 0 aliphatic heterocycles. The van der Waals surface area contributed by atoms with Gasteiger partial charge in [-0.3, -0.25) is 4.79 Å². The molecule has 0 aliphatic rings. The molecule has 0 saturated heterocycles. The number of carbonyl (C=O) groups is 1. The first-order valence-corrected chi connectivity index (χ1v) is 11.3. The molecule has 1 rings (SSSR count). The zero-order valence-corrected chi connectivity index (χ0v) is 20.5. The highest BCUT2D eigenvalue weighted by atomic mass is 127. The van der Waals surface area contributed by atoms with Crippen LogP contribution in [-0.4, -0.2) is 53.3 Å². The maximum atomic E-state index is 13.9. The smallest absolute Gasteiger partial charge is 0.307 e. The Morgan fingerprint density at radius 2 is 1.80 bits per heavy atom. The molecule has 0 aliphatic carbocycles. The van der Waals surface area contributed by atoms with Crippen LogP contribution < -0.4 is 4.74 Å². The van der Waals surface area contributed by atoms with E-state index in [9.17, 15) is 9.18 Å². The van der Waals surface area contributed by atoms with Gasteiger partial charge in [0, 0.05) is 0 Å². The van der Waals surface area contributed by atoms with Gasteiger partial charge in [-0.2, -0.15) is 0 Å². The number of benzene rings is 1. The molecule has 0 bridgehead atoms. The van der Waals surface area contributed by atoms with Gasteiger partial charge in [0.15, 0.2) is 11.6 Å². The number of halogens is 2. The normalized spacial score (nSPS) is 13.8. The number of rotatable bonds is 16. The molecule has 0 amide bonds. The molecule has 1 aromatic rings. The van der Waals surface area contributed by atoms with E-state index in [2.05, 4.69) is 6.92 Å². The highest BCUT2D eigenvalue weighted by Gasteiger charge is 2.26. The molecule has 0 radical (unpaired) electrons. The summed E-state index contributed by atoms with van der Waals surface area (Å²) >= 11 is 2.00. The number of alkyl halides is 1. The van der Waals surface area contributed by atoms with Crippen molar-refractivity contribution in [2.45, 2.75) is 62.6 Å². The van der Waals surface area contributed by atoms with Crippen LogP contribution in [0.5, 0.6) is 5.75 Å². The highest BCUT2D eigenvalue weighted by Crippen LogP contribution is 2.26. The summed E-state index contributed by atoms with van der Waals surface area (Å²) in [6.45, 7) is 9.51. The molecule has 1 atom stereocenters. The SMILES string of the molecule is CCCc1ccc(OCCOCCOC(C)(C)CCOC(C)(I)CC(=O)O)c(F)c1. The van der Waals surface area contributed by atoms with Gasteiger partial charge in [-0.15, -0.1) is 0 Å². The average Bonchev–Trinajstić information content (AvgIpc) is 2.61. The Balaban J connectivity index is 2.16. The maximum Gasteiger partial charge on any atom is 0.307 e. The number of ether oxygens (including phenoxy) is 4.